The summed E-state index contributed by atoms with van der Waals surface area (Å²) in [7, 11) is 0. The molecule has 0 fully saturated rings. The van der Waals surface area contributed by atoms with Crippen LogP contribution in [-0.4, -0.2) is 20.2 Å². The largest absolute Gasteiger partial charge is 0.454 e. The summed E-state index contributed by atoms with van der Waals surface area (Å²) >= 11 is 1.70. The smallest absolute Gasteiger partial charge is 0.162 e. The third-order valence-electron chi connectivity index (χ3n) is 5.89. The second-order valence-corrected chi connectivity index (χ2v) is 10.2. The first-order valence-corrected chi connectivity index (χ1v) is 12.9. The Morgan fingerprint density at radius 2 is 2.06 bits per heavy atom. The van der Waals surface area contributed by atoms with E-state index in [0.29, 0.717) is 28.8 Å². The Balaban J connectivity index is 2.16. The zero-order valence-corrected chi connectivity index (χ0v) is 22.2. The highest BCUT2D eigenvalue weighted by atomic mass is 32.2. The molecule has 6 nitrogen and oxygen atoms in total. The zero-order chi connectivity index (χ0) is 26.1. The molecule has 0 spiro atoms. The van der Waals surface area contributed by atoms with E-state index < -0.39 is 0 Å². The topological polar surface area (TPSA) is 97.7 Å². The van der Waals surface area contributed by atoms with Crippen LogP contribution in [0.15, 0.2) is 83.6 Å². The lowest BCUT2D eigenvalue weighted by Crippen LogP contribution is -2.09. The molecular formula is C29H33N5OS. The minimum absolute atomic E-state index is 0.0706. The summed E-state index contributed by atoms with van der Waals surface area (Å²) in [6, 6.07) is 8.00. The fourth-order valence-corrected chi connectivity index (χ4v) is 4.78. The highest BCUT2D eigenvalue weighted by molar-refractivity contribution is 8.03. The van der Waals surface area contributed by atoms with Gasteiger partial charge in [-0.05, 0) is 50.1 Å². The molecule has 3 rings (SSSR count). The SMILES string of the molecule is C=C(C#N)/C=C\C(=C(\OC1=CC(c2ccccn2)=C(C)C[C@@H](C)S1)C(C)CC)c1ncc(CN)cn1. The van der Waals surface area contributed by atoms with Crippen molar-refractivity contribution >= 4 is 22.9 Å². The lowest BCUT2D eigenvalue weighted by atomic mass is 10.00. The van der Waals surface area contributed by atoms with Crippen molar-refractivity contribution in [3.63, 3.8) is 0 Å². The molecule has 1 aliphatic rings. The number of thioether (sulfide) groups is 1. The van der Waals surface area contributed by atoms with E-state index in [1.807, 2.05) is 30.5 Å². The fourth-order valence-electron chi connectivity index (χ4n) is 3.73. The van der Waals surface area contributed by atoms with Crippen molar-refractivity contribution in [3.8, 4) is 6.07 Å². The summed E-state index contributed by atoms with van der Waals surface area (Å²) in [6.45, 7) is 12.7. The second kappa shape index (κ2) is 13.0. The van der Waals surface area contributed by atoms with E-state index in [1.54, 1.807) is 30.2 Å². The van der Waals surface area contributed by atoms with E-state index in [9.17, 15) is 5.26 Å². The lowest BCUT2D eigenvalue weighted by molar-refractivity contribution is 0.286. The van der Waals surface area contributed by atoms with Crippen LogP contribution in [0.1, 0.15) is 57.6 Å². The summed E-state index contributed by atoms with van der Waals surface area (Å²) < 4.78 is 6.71. The predicted octanol–water partition coefficient (Wildman–Crippen LogP) is 6.58. The third-order valence-corrected chi connectivity index (χ3v) is 6.89. The number of hydrogen-bond acceptors (Lipinski definition) is 7. The van der Waals surface area contributed by atoms with Crippen molar-refractivity contribution in [2.45, 2.75) is 52.3 Å². The molecule has 1 unspecified atom stereocenters. The van der Waals surface area contributed by atoms with Crippen molar-refractivity contribution in [2.75, 3.05) is 0 Å². The highest BCUT2D eigenvalue weighted by Crippen LogP contribution is 2.39. The Labute approximate surface area is 218 Å². The fraction of sp³-hybridized carbons (Fsp3) is 0.310. The average molecular weight is 500 g/mol. The van der Waals surface area contributed by atoms with Gasteiger partial charge >= 0.3 is 0 Å². The Morgan fingerprint density at radius 1 is 1.31 bits per heavy atom. The number of nitriles is 1. The van der Waals surface area contributed by atoms with E-state index in [4.69, 9.17) is 10.5 Å². The molecule has 0 bridgehead atoms. The maximum absolute atomic E-state index is 9.25. The molecule has 36 heavy (non-hydrogen) atoms. The summed E-state index contributed by atoms with van der Waals surface area (Å²) in [4.78, 5) is 13.7. The van der Waals surface area contributed by atoms with Crippen LogP contribution in [0.2, 0.25) is 0 Å². The molecule has 0 radical (unpaired) electrons. The van der Waals surface area contributed by atoms with Crippen LogP contribution < -0.4 is 5.73 Å². The quantitative estimate of drug-likeness (QED) is 0.236. The first-order chi connectivity index (χ1) is 17.4. The Bertz CT molecular complexity index is 1240. The van der Waals surface area contributed by atoms with Gasteiger partial charge in [-0.1, -0.05) is 50.8 Å². The monoisotopic (exact) mass is 499 g/mol. The molecule has 0 amide bonds. The van der Waals surface area contributed by atoms with Crippen LogP contribution in [-0.2, 0) is 11.3 Å². The molecule has 2 aromatic rings. The molecule has 0 saturated heterocycles. The first kappa shape index (κ1) is 27.1. The molecule has 0 aliphatic carbocycles. The minimum Gasteiger partial charge on any atom is -0.454 e. The van der Waals surface area contributed by atoms with Crippen LogP contribution in [0, 0.1) is 17.2 Å². The molecule has 2 N–H and O–H groups in total. The van der Waals surface area contributed by atoms with Gasteiger partial charge < -0.3 is 10.5 Å². The normalized spacial score (nSPS) is 17.7. The van der Waals surface area contributed by atoms with Gasteiger partial charge in [0.05, 0.1) is 17.3 Å². The number of nitrogens with zero attached hydrogens (tertiary/aromatic N) is 4. The van der Waals surface area contributed by atoms with Crippen molar-refractivity contribution in [1.82, 2.24) is 15.0 Å². The molecule has 0 saturated carbocycles. The standard InChI is InChI=1S/C29H33N5OS/c1-6-20(3)28(24(11-10-19(2)15-30)29-33-17-23(16-31)18-34-29)35-27-14-25(21(4)13-22(5)36-27)26-9-7-8-12-32-26/h7-12,14,17-18,20,22H,2,6,13,16,31H2,1,3-5H3/b11-10-,28-24-/t20?,22-/m1/s1. The van der Waals surface area contributed by atoms with Gasteiger partial charge in [-0.2, -0.15) is 5.26 Å². The molecule has 7 heteroatoms. The third kappa shape index (κ3) is 7.03. The Kier molecular flexibility index (Phi) is 9.80. The predicted molar refractivity (Wildman–Crippen MR) is 148 cm³/mol. The maximum atomic E-state index is 9.25. The van der Waals surface area contributed by atoms with Gasteiger partial charge in [-0.25, -0.2) is 9.97 Å². The summed E-state index contributed by atoms with van der Waals surface area (Å²) in [5.41, 5.74) is 10.9. The van der Waals surface area contributed by atoms with E-state index in [2.05, 4.69) is 61.4 Å². The Morgan fingerprint density at radius 3 is 2.67 bits per heavy atom. The number of pyridine rings is 1. The molecule has 186 valence electrons. The number of aromatic nitrogens is 3. The number of hydrogen-bond donors (Lipinski definition) is 1. The number of rotatable bonds is 9. The van der Waals surface area contributed by atoms with E-state index >= 15 is 0 Å². The van der Waals surface area contributed by atoms with E-state index in [-0.39, 0.29) is 5.92 Å². The van der Waals surface area contributed by atoms with Crippen LogP contribution in [0.5, 0.6) is 0 Å². The van der Waals surface area contributed by atoms with Gasteiger partial charge in [-0.15, -0.1) is 0 Å². The van der Waals surface area contributed by atoms with E-state index in [1.165, 1.54) is 5.57 Å². The molecular weight excluding hydrogens is 466 g/mol. The lowest BCUT2D eigenvalue weighted by Gasteiger charge is -2.21. The average Bonchev–Trinajstić information content (AvgIpc) is 3.04. The van der Waals surface area contributed by atoms with Crippen LogP contribution in [0.25, 0.3) is 11.1 Å². The van der Waals surface area contributed by atoms with Crippen molar-refractivity contribution in [3.05, 3.63) is 101 Å². The van der Waals surface area contributed by atoms with Crippen LogP contribution in [0.3, 0.4) is 0 Å². The van der Waals surface area contributed by atoms with Crippen molar-refractivity contribution < 1.29 is 4.74 Å². The van der Waals surface area contributed by atoms with Crippen molar-refractivity contribution in [1.29, 1.82) is 5.26 Å². The molecule has 2 aromatic heterocycles. The summed E-state index contributed by atoms with van der Waals surface area (Å²) in [6.07, 6.45) is 12.6. The molecule has 2 atom stereocenters. The second-order valence-electron chi connectivity index (χ2n) is 8.78. The number of ether oxygens (including phenoxy) is 1. The van der Waals surface area contributed by atoms with Gasteiger partial charge in [0, 0.05) is 53.0 Å². The highest BCUT2D eigenvalue weighted by Gasteiger charge is 2.23. The van der Waals surface area contributed by atoms with Gasteiger partial charge in [-0.3, -0.25) is 4.98 Å². The zero-order valence-electron chi connectivity index (χ0n) is 21.4. The van der Waals surface area contributed by atoms with Crippen LogP contribution >= 0.6 is 11.8 Å². The molecule has 3 heterocycles. The Hall–Kier alpha value is -3.47. The van der Waals surface area contributed by atoms with Crippen molar-refractivity contribution in [2.24, 2.45) is 11.7 Å². The van der Waals surface area contributed by atoms with E-state index in [0.717, 1.165) is 40.5 Å². The molecule has 1 aliphatic heterocycles. The number of allylic oxidation sites excluding steroid dienone is 8. The van der Waals surface area contributed by atoms with Gasteiger partial charge in [0.25, 0.3) is 0 Å². The summed E-state index contributed by atoms with van der Waals surface area (Å²) in [5, 5.41) is 10.4. The summed E-state index contributed by atoms with van der Waals surface area (Å²) in [5.74, 6) is 1.32. The van der Waals surface area contributed by atoms with Gasteiger partial charge in [0.15, 0.2) is 10.9 Å². The maximum Gasteiger partial charge on any atom is 0.162 e. The van der Waals surface area contributed by atoms with Gasteiger partial charge in [0.2, 0.25) is 0 Å². The minimum atomic E-state index is 0.0706. The molecule has 0 aromatic carbocycles. The first-order valence-electron chi connectivity index (χ1n) is 12.1. The van der Waals surface area contributed by atoms with Crippen LogP contribution in [0.4, 0.5) is 0 Å². The van der Waals surface area contributed by atoms with Gasteiger partial charge in [0.1, 0.15) is 5.76 Å². The number of nitrogens with two attached hydrogens (primary N) is 1.